The van der Waals surface area contributed by atoms with E-state index in [2.05, 4.69) is 0 Å². The van der Waals surface area contributed by atoms with Crippen LogP contribution in [0, 0.1) is 5.41 Å². The van der Waals surface area contributed by atoms with Crippen LogP contribution >= 0.6 is 11.6 Å². The summed E-state index contributed by atoms with van der Waals surface area (Å²) in [5.41, 5.74) is -1.78. The normalized spacial score (nSPS) is 12.1. The summed E-state index contributed by atoms with van der Waals surface area (Å²) in [6.07, 6.45) is -4.93. The van der Waals surface area contributed by atoms with Crippen molar-refractivity contribution in [3.8, 4) is 17.2 Å². The van der Waals surface area contributed by atoms with Crippen LogP contribution < -0.4 is 14.9 Å². The molecule has 0 radical (unpaired) electrons. The maximum atomic E-state index is 13.6. The quantitative estimate of drug-likeness (QED) is 0.328. The first-order valence-corrected chi connectivity index (χ1v) is 9.54. The van der Waals surface area contributed by atoms with Crippen LogP contribution in [0.5, 0.6) is 17.2 Å². The summed E-state index contributed by atoms with van der Waals surface area (Å²) in [6.45, 7) is 5.51. The highest BCUT2D eigenvalue weighted by Crippen LogP contribution is 2.39. The Kier molecular flexibility index (Phi) is 6.04. The third-order valence-electron chi connectivity index (χ3n) is 4.03. The van der Waals surface area contributed by atoms with Crippen molar-refractivity contribution >= 4 is 28.5 Å². The molecule has 0 unspecified atom stereocenters. The van der Waals surface area contributed by atoms with Gasteiger partial charge in [-0.2, -0.15) is 13.2 Å². The number of fused-ring (bicyclic) bond motifs is 1. The lowest BCUT2D eigenvalue weighted by Gasteiger charge is -2.17. The van der Waals surface area contributed by atoms with Crippen molar-refractivity contribution in [3.63, 3.8) is 0 Å². The van der Waals surface area contributed by atoms with Crippen molar-refractivity contribution in [2.75, 3.05) is 0 Å². The molecule has 1 heterocycles. The standard InChI is InChI=1S/C22H18ClF3O5/c1-21(2,3)11-17(27)29-12-8-9-13-16(10-12)31-20(22(24,25)26)19(18(13)28)30-15-7-5-4-6-14(15)23/h4-10H,11H2,1-3H3. The fourth-order valence-electron chi connectivity index (χ4n) is 2.74. The van der Waals surface area contributed by atoms with Gasteiger partial charge in [-0.05, 0) is 29.7 Å². The molecule has 0 aliphatic rings. The summed E-state index contributed by atoms with van der Waals surface area (Å²) in [5.74, 6) is -3.40. The number of esters is 1. The summed E-state index contributed by atoms with van der Waals surface area (Å²) in [5, 5.41) is -0.151. The van der Waals surface area contributed by atoms with Gasteiger partial charge in [-0.15, -0.1) is 0 Å². The molecule has 0 spiro atoms. The highest BCUT2D eigenvalue weighted by Gasteiger charge is 2.40. The van der Waals surface area contributed by atoms with E-state index < -0.39 is 34.7 Å². The van der Waals surface area contributed by atoms with E-state index in [4.69, 9.17) is 25.5 Å². The molecular weight excluding hydrogens is 437 g/mol. The molecule has 0 aliphatic carbocycles. The van der Waals surface area contributed by atoms with E-state index in [0.717, 1.165) is 6.07 Å². The summed E-state index contributed by atoms with van der Waals surface area (Å²) < 4.78 is 56.3. The monoisotopic (exact) mass is 454 g/mol. The van der Waals surface area contributed by atoms with Gasteiger partial charge >= 0.3 is 12.1 Å². The Labute approximate surface area is 180 Å². The van der Waals surface area contributed by atoms with E-state index >= 15 is 0 Å². The number of ether oxygens (including phenoxy) is 2. The van der Waals surface area contributed by atoms with Crippen LogP contribution in [0.2, 0.25) is 5.02 Å². The van der Waals surface area contributed by atoms with E-state index in [1.165, 1.54) is 30.3 Å². The van der Waals surface area contributed by atoms with Crippen LogP contribution in [0.25, 0.3) is 11.0 Å². The van der Waals surface area contributed by atoms with Crippen molar-refractivity contribution in [1.29, 1.82) is 0 Å². The molecule has 0 amide bonds. The highest BCUT2D eigenvalue weighted by molar-refractivity contribution is 6.32. The van der Waals surface area contributed by atoms with Gasteiger partial charge in [0.2, 0.25) is 11.2 Å². The van der Waals surface area contributed by atoms with Crippen molar-refractivity contribution in [2.24, 2.45) is 5.41 Å². The SMILES string of the molecule is CC(C)(C)CC(=O)Oc1ccc2c(=O)c(Oc3ccccc3Cl)c(C(F)(F)F)oc2c1. The van der Waals surface area contributed by atoms with Gasteiger partial charge in [0.05, 0.1) is 16.8 Å². The maximum Gasteiger partial charge on any atom is 0.453 e. The Morgan fingerprint density at radius 2 is 1.77 bits per heavy atom. The fraction of sp³-hybridized carbons (Fsp3) is 0.273. The Morgan fingerprint density at radius 3 is 2.39 bits per heavy atom. The lowest BCUT2D eigenvalue weighted by molar-refractivity contribution is -0.154. The van der Waals surface area contributed by atoms with Gasteiger partial charge in [0, 0.05) is 6.07 Å². The molecule has 164 valence electrons. The second kappa shape index (κ2) is 8.26. The molecule has 0 fully saturated rings. The largest absolute Gasteiger partial charge is 0.453 e. The molecule has 3 aromatic rings. The van der Waals surface area contributed by atoms with E-state index in [-0.39, 0.29) is 33.7 Å². The molecule has 0 saturated heterocycles. The minimum atomic E-state index is -5.02. The number of para-hydroxylation sites is 1. The number of carbonyl (C=O) groups excluding carboxylic acids is 1. The van der Waals surface area contributed by atoms with Crippen LogP contribution in [0.4, 0.5) is 13.2 Å². The molecule has 9 heteroatoms. The number of hydrogen-bond acceptors (Lipinski definition) is 5. The van der Waals surface area contributed by atoms with Gasteiger partial charge in [-0.25, -0.2) is 0 Å². The van der Waals surface area contributed by atoms with E-state index in [1.807, 2.05) is 20.8 Å². The Balaban J connectivity index is 2.08. The van der Waals surface area contributed by atoms with E-state index in [1.54, 1.807) is 6.07 Å². The molecule has 3 rings (SSSR count). The van der Waals surface area contributed by atoms with Gasteiger partial charge in [0.15, 0.2) is 0 Å². The summed E-state index contributed by atoms with van der Waals surface area (Å²) in [4.78, 5) is 24.8. The second-order valence-electron chi connectivity index (χ2n) is 7.99. The zero-order valence-corrected chi connectivity index (χ0v) is 17.6. The van der Waals surface area contributed by atoms with Crippen LogP contribution in [0.3, 0.4) is 0 Å². The Morgan fingerprint density at radius 1 is 1.10 bits per heavy atom. The average molecular weight is 455 g/mol. The number of hydrogen-bond donors (Lipinski definition) is 0. The van der Waals surface area contributed by atoms with Crippen LogP contribution in [0.1, 0.15) is 33.0 Å². The minimum absolute atomic E-state index is 0.0243. The second-order valence-corrected chi connectivity index (χ2v) is 8.40. The van der Waals surface area contributed by atoms with E-state index in [0.29, 0.717) is 0 Å². The molecular formula is C22H18ClF3O5. The van der Waals surface area contributed by atoms with Gasteiger partial charge in [0.25, 0.3) is 5.76 Å². The number of carbonyl (C=O) groups is 1. The Hall–Kier alpha value is -3.00. The number of rotatable bonds is 4. The first-order chi connectivity index (χ1) is 14.3. The average Bonchev–Trinajstić information content (AvgIpc) is 2.63. The zero-order valence-electron chi connectivity index (χ0n) is 16.8. The number of alkyl halides is 3. The van der Waals surface area contributed by atoms with E-state index in [9.17, 15) is 22.8 Å². The minimum Gasteiger partial charge on any atom is -0.448 e. The van der Waals surface area contributed by atoms with Crippen molar-refractivity contribution in [3.05, 3.63) is 63.5 Å². The first kappa shape index (κ1) is 22.7. The molecule has 0 bridgehead atoms. The summed E-state index contributed by atoms with van der Waals surface area (Å²) >= 11 is 5.94. The molecule has 0 saturated carbocycles. The first-order valence-electron chi connectivity index (χ1n) is 9.16. The van der Waals surface area contributed by atoms with Gasteiger partial charge in [-0.3, -0.25) is 9.59 Å². The smallest absolute Gasteiger partial charge is 0.448 e. The lowest BCUT2D eigenvalue weighted by atomic mass is 9.92. The highest BCUT2D eigenvalue weighted by atomic mass is 35.5. The molecule has 31 heavy (non-hydrogen) atoms. The summed E-state index contributed by atoms with van der Waals surface area (Å²) in [6, 6.07) is 9.36. The van der Waals surface area contributed by atoms with Gasteiger partial charge in [-0.1, -0.05) is 44.5 Å². The van der Waals surface area contributed by atoms with Crippen LogP contribution in [-0.2, 0) is 11.0 Å². The number of halogens is 4. The summed E-state index contributed by atoms with van der Waals surface area (Å²) in [7, 11) is 0. The molecule has 1 aromatic heterocycles. The van der Waals surface area contributed by atoms with Crippen LogP contribution in [-0.4, -0.2) is 5.97 Å². The molecule has 0 atom stereocenters. The Bertz CT molecular complexity index is 1190. The molecule has 5 nitrogen and oxygen atoms in total. The van der Waals surface area contributed by atoms with Crippen molar-refractivity contribution < 1.29 is 31.9 Å². The molecule has 0 aliphatic heterocycles. The predicted octanol–water partition coefficient (Wildman–Crippen LogP) is 6.60. The van der Waals surface area contributed by atoms with Gasteiger partial charge < -0.3 is 13.9 Å². The third-order valence-corrected chi connectivity index (χ3v) is 4.35. The fourth-order valence-corrected chi connectivity index (χ4v) is 2.91. The van der Waals surface area contributed by atoms with Crippen molar-refractivity contribution in [1.82, 2.24) is 0 Å². The molecule has 2 aromatic carbocycles. The zero-order chi connectivity index (χ0) is 23.0. The number of benzene rings is 2. The molecule has 0 N–H and O–H groups in total. The van der Waals surface area contributed by atoms with Crippen molar-refractivity contribution in [2.45, 2.75) is 33.4 Å². The van der Waals surface area contributed by atoms with Gasteiger partial charge in [0.1, 0.15) is 17.1 Å². The third kappa shape index (κ3) is 5.38. The topological polar surface area (TPSA) is 65.7 Å². The predicted molar refractivity (Wildman–Crippen MR) is 109 cm³/mol. The lowest BCUT2D eigenvalue weighted by Crippen LogP contribution is -2.18. The van der Waals surface area contributed by atoms with Crippen LogP contribution in [0.15, 0.2) is 51.7 Å². The maximum absolute atomic E-state index is 13.6.